The summed E-state index contributed by atoms with van der Waals surface area (Å²) >= 11 is 0. The van der Waals surface area contributed by atoms with Gasteiger partial charge in [-0.15, -0.1) is 0 Å². The number of hydrogen-bond acceptors (Lipinski definition) is 5. The van der Waals surface area contributed by atoms with Crippen LogP contribution in [0.2, 0.25) is 0 Å². The first-order valence-corrected chi connectivity index (χ1v) is 11.3. The maximum atomic E-state index is 14.1. The van der Waals surface area contributed by atoms with Crippen molar-refractivity contribution in [2.45, 2.75) is 36.9 Å². The van der Waals surface area contributed by atoms with E-state index in [0.717, 1.165) is 34.7 Å². The maximum absolute atomic E-state index is 14.1. The molecule has 2 aromatic carbocycles. The van der Waals surface area contributed by atoms with Crippen LogP contribution in [0.1, 0.15) is 30.4 Å². The molecule has 2 aliphatic rings. The molecule has 158 valence electrons. The third-order valence-electron chi connectivity index (χ3n) is 6.98. The van der Waals surface area contributed by atoms with E-state index in [1.165, 1.54) is 26.5 Å². The zero-order valence-electron chi connectivity index (χ0n) is 16.7. The summed E-state index contributed by atoms with van der Waals surface area (Å²) in [6, 6.07) is 5.04. The molecule has 1 aromatic heterocycles. The average molecular weight is 431 g/mol. The number of ether oxygens (including phenoxy) is 2. The number of fused-ring (bicyclic) bond motifs is 7. The van der Waals surface area contributed by atoms with Gasteiger partial charge in [0.2, 0.25) is 0 Å². The Hall–Kier alpha value is -2.45. The largest absolute Gasteiger partial charge is 0.493 e. The van der Waals surface area contributed by atoms with E-state index in [0.29, 0.717) is 35.2 Å². The zero-order chi connectivity index (χ0) is 21.3. The Bertz CT molecular complexity index is 1310. The molecule has 6 nitrogen and oxygen atoms in total. The van der Waals surface area contributed by atoms with Gasteiger partial charge in [0.05, 0.1) is 25.9 Å². The molecule has 0 spiro atoms. The van der Waals surface area contributed by atoms with E-state index in [1.54, 1.807) is 6.07 Å². The van der Waals surface area contributed by atoms with Gasteiger partial charge in [-0.3, -0.25) is 9.54 Å². The summed E-state index contributed by atoms with van der Waals surface area (Å²) in [5.41, 5.74) is 2.42. The van der Waals surface area contributed by atoms with Gasteiger partial charge < -0.3 is 9.47 Å². The van der Waals surface area contributed by atoms with E-state index in [4.69, 9.17) is 9.47 Å². The van der Waals surface area contributed by atoms with Gasteiger partial charge in [-0.1, -0.05) is 6.42 Å². The van der Waals surface area contributed by atoms with Crippen molar-refractivity contribution in [2.75, 3.05) is 14.2 Å². The van der Waals surface area contributed by atoms with Crippen LogP contribution in [0.3, 0.4) is 0 Å². The summed E-state index contributed by atoms with van der Waals surface area (Å²) in [5, 5.41) is 2.15. The van der Waals surface area contributed by atoms with Gasteiger partial charge in [0.15, 0.2) is 11.5 Å². The van der Waals surface area contributed by atoms with Crippen molar-refractivity contribution in [2.24, 2.45) is 5.92 Å². The van der Waals surface area contributed by atoms with Gasteiger partial charge >= 0.3 is 0 Å². The number of nitrogens with zero attached hydrogens (tertiary/aromatic N) is 1. The van der Waals surface area contributed by atoms with Gasteiger partial charge in [-0.2, -0.15) is 8.42 Å². The van der Waals surface area contributed by atoms with Crippen LogP contribution >= 0.6 is 0 Å². The Morgan fingerprint density at radius 3 is 2.47 bits per heavy atom. The topological polar surface area (TPSA) is 85.7 Å². The van der Waals surface area contributed by atoms with Crippen molar-refractivity contribution < 1.29 is 26.8 Å². The fourth-order valence-electron chi connectivity index (χ4n) is 5.58. The molecular weight excluding hydrogens is 409 g/mol. The van der Waals surface area contributed by atoms with Crippen molar-refractivity contribution in [1.29, 1.82) is 0 Å². The molecule has 1 heterocycles. The summed E-state index contributed by atoms with van der Waals surface area (Å²) < 4.78 is 59.1. The molecule has 0 amide bonds. The predicted molar refractivity (Wildman–Crippen MR) is 111 cm³/mol. The molecule has 0 saturated heterocycles. The second-order valence-electron chi connectivity index (χ2n) is 8.27. The third kappa shape index (κ3) is 2.56. The first-order valence-electron chi connectivity index (χ1n) is 9.91. The fraction of sp³-hybridized carbons (Fsp3) is 0.409. The van der Waals surface area contributed by atoms with Crippen molar-refractivity contribution in [3.8, 4) is 11.5 Å². The Morgan fingerprint density at radius 2 is 1.80 bits per heavy atom. The number of aromatic nitrogens is 1. The molecule has 8 heteroatoms. The molecular formula is C22H22FNO5S. The standard InChI is InChI=1S/C22H22FNO5S/c1-28-19-8-14-15(9-20(19)29-2)18-10-22(30(25,26)27)5-3-4-12(22)6-16(18)21-17(14)7-13(23)11-24-21/h7-9,11-12H,3-6,10H2,1-2H3,(H,25,26,27). The molecule has 2 aliphatic carbocycles. The highest BCUT2D eigenvalue weighted by atomic mass is 32.2. The van der Waals surface area contributed by atoms with Crippen LogP contribution in [-0.2, 0) is 23.0 Å². The van der Waals surface area contributed by atoms with E-state index in [1.807, 2.05) is 6.07 Å². The molecule has 30 heavy (non-hydrogen) atoms. The number of hydrogen-bond donors (Lipinski definition) is 1. The molecule has 0 radical (unpaired) electrons. The smallest absolute Gasteiger partial charge is 0.271 e. The molecule has 0 bridgehead atoms. The second kappa shape index (κ2) is 6.52. The zero-order valence-corrected chi connectivity index (χ0v) is 17.6. The minimum Gasteiger partial charge on any atom is -0.493 e. The van der Waals surface area contributed by atoms with Gasteiger partial charge in [-0.25, -0.2) is 4.39 Å². The lowest BCUT2D eigenvalue weighted by atomic mass is 9.74. The van der Waals surface area contributed by atoms with Crippen LogP contribution < -0.4 is 9.47 Å². The summed E-state index contributed by atoms with van der Waals surface area (Å²) in [5.74, 6) is 0.370. The lowest BCUT2D eigenvalue weighted by Crippen LogP contribution is -2.47. The van der Waals surface area contributed by atoms with Crippen LogP contribution in [0, 0.1) is 11.7 Å². The molecule has 3 aromatic rings. The number of benzene rings is 2. The minimum atomic E-state index is -4.26. The van der Waals surface area contributed by atoms with E-state index >= 15 is 0 Å². The number of methoxy groups -OCH3 is 2. The highest BCUT2D eigenvalue weighted by Crippen LogP contribution is 2.52. The van der Waals surface area contributed by atoms with E-state index in [-0.39, 0.29) is 12.3 Å². The minimum absolute atomic E-state index is 0.187. The Labute approximate surface area is 173 Å². The molecule has 2 atom stereocenters. The Kier molecular flexibility index (Phi) is 4.24. The molecule has 0 aliphatic heterocycles. The van der Waals surface area contributed by atoms with Gasteiger partial charge in [0.1, 0.15) is 10.6 Å². The molecule has 2 unspecified atom stereocenters. The quantitative estimate of drug-likeness (QED) is 0.497. The highest BCUT2D eigenvalue weighted by Gasteiger charge is 2.55. The van der Waals surface area contributed by atoms with Crippen LogP contribution in [0.15, 0.2) is 24.4 Å². The van der Waals surface area contributed by atoms with Crippen LogP contribution in [0.5, 0.6) is 11.5 Å². The monoisotopic (exact) mass is 431 g/mol. The van der Waals surface area contributed by atoms with Crippen molar-refractivity contribution in [3.05, 3.63) is 41.3 Å². The highest BCUT2D eigenvalue weighted by molar-refractivity contribution is 7.87. The van der Waals surface area contributed by atoms with E-state index in [2.05, 4.69) is 4.98 Å². The summed E-state index contributed by atoms with van der Waals surface area (Å²) in [6.07, 6.45) is 3.77. The predicted octanol–water partition coefficient (Wildman–Crippen LogP) is 4.07. The van der Waals surface area contributed by atoms with Crippen LogP contribution in [-0.4, -0.2) is 36.9 Å². The first-order chi connectivity index (χ1) is 14.3. The Morgan fingerprint density at radius 1 is 1.10 bits per heavy atom. The summed E-state index contributed by atoms with van der Waals surface area (Å²) in [4.78, 5) is 4.38. The summed E-state index contributed by atoms with van der Waals surface area (Å²) in [6.45, 7) is 0. The molecule has 5 rings (SSSR count). The van der Waals surface area contributed by atoms with Gasteiger partial charge in [0, 0.05) is 5.39 Å². The van der Waals surface area contributed by atoms with Crippen LogP contribution in [0.4, 0.5) is 4.39 Å². The molecule has 1 fully saturated rings. The third-order valence-corrected chi connectivity index (χ3v) is 8.69. The SMILES string of the molecule is COc1cc2c3c(c4ncc(F)cc4c2cc1OC)CC1CCCC1(S(=O)(=O)O)C3. The van der Waals surface area contributed by atoms with E-state index in [9.17, 15) is 17.4 Å². The molecule has 1 N–H and O–H groups in total. The Balaban J connectivity index is 1.91. The average Bonchev–Trinajstić information content (AvgIpc) is 3.16. The van der Waals surface area contributed by atoms with E-state index < -0.39 is 20.7 Å². The fourth-order valence-corrected chi connectivity index (χ4v) is 6.93. The number of halogens is 1. The maximum Gasteiger partial charge on any atom is 0.271 e. The van der Waals surface area contributed by atoms with Crippen molar-refractivity contribution in [3.63, 3.8) is 0 Å². The molecule has 1 saturated carbocycles. The number of rotatable bonds is 3. The lowest BCUT2D eigenvalue weighted by molar-refractivity contribution is 0.340. The normalized spacial score (nSPS) is 23.4. The lowest BCUT2D eigenvalue weighted by Gasteiger charge is -2.38. The van der Waals surface area contributed by atoms with Gasteiger partial charge in [-0.05, 0) is 71.7 Å². The first kappa shape index (κ1) is 19.5. The summed E-state index contributed by atoms with van der Waals surface area (Å²) in [7, 11) is -1.20. The van der Waals surface area contributed by atoms with Crippen LogP contribution in [0.25, 0.3) is 21.7 Å². The van der Waals surface area contributed by atoms with Crippen molar-refractivity contribution >= 4 is 31.8 Å². The number of pyridine rings is 1. The second-order valence-corrected chi connectivity index (χ2v) is 10.0. The van der Waals surface area contributed by atoms with Crippen molar-refractivity contribution in [1.82, 2.24) is 4.98 Å². The van der Waals surface area contributed by atoms with Gasteiger partial charge in [0.25, 0.3) is 10.1 Å².